The largest absolute Gasteiger partial charge is 0.326 e. The topological polar surface area (TPSA) is 102 Å². The summed E-state index contributed by atoms with van der Waals surface area (Å²) in [6.45, 7) is 2.17. The van der Waals surface area contributed by atoms with E-state index in [0.29, 0.717) is 35.2 Å². The van der Waals surface area contributed by atoms with E-state index in [1.165, 1.54) is 0 Å². The maximum atomic E-state index is 14.3. The number of nitrogens with one attached hydrogen (secondary N) is 2. The number of nitrogens with zero attached hydrogens (tertiary/aromatic N) is 3. The molecular weight excluding hydrogens is 554 g/mol. The number of rotatable bonds is 10. The smallest absolute Gasteiger partial charge is 0.315 e. The molecule has 0 aromatic heterocycles. The van der Waals surface area contributed by atoms with Gasteiger partial charge in [0.1, 0.15) is 0 Å². The fourth-order valence-electron chi connectivity index (χ4n) is 6.18. The normalized spacial score (nSPS) is 17.2. The van der Waals surface area contributed by atoms with Gasteiger partial charge < -0.3 is 10.6 Å². The van der Waals surface area contributed by atoms with Crippen LogP contribution >= 0.6 is 0 Å². The zero-order valence-electron chi connectivity index (χ0n) is 24.4. The summed E-state index contributed by atoms with van der Waals surface area (Å²) < 4.78 is 0. The minimum Gasteiger partial charge on any atom is -0.315 e. The molecule has 2 aliphatic heterocycles. The van der Waals surface area contributed by atoms with Crippen LogP contribution in [-0.4, -0.2) is 58.5 Å². The van der Waals surface area contributed by atoms with E-state index >= 15 is 0 Å². The van der Waals surface area contributed by atoms with Gasteiger partial charge in [-0.3, -0.25) is 14.5 Å². The molecular formula is C35H33N5O4. The van der Waals surface area contributed by atoms with Crippen molar-refractivity contribution in [2.45, 2.75) is 24.4 Å². The zero-order chi connectivity index (χ0) is 30.7. The van der Waals surface area contributed by atoms with E-state index in [1.54, 1.807) is 4.90 Å². The van der Waals surface area contributed by atoms with E-state index in [4.69, 9.17) is 0 Å². The van der Waals surface area contributed by atoms with Crippen molar-refractivity contribution in [1.82, 2.24) is 25.3 Å². The van der Waals surface area contributed by atoms with E-state index in [1.807, 2.05) is 128 Å². The lowest BCUT2D eigenvalue weighted by molar-refractivity contribution is -0.133. The number of carbonyl (C=O) groups excluding carboxylic acids is 4. The van der Waals surface area contributed by atoms with E-state index in [9.17, 15) is 19.2 Å². The van der Waals surface area contributed by atoms with Crippen molar-refractivity contribution in [2.75, 3.05) is 19.9 Å². The molecule has 0 aliphatic carbocycles. The quantitative estimate of drug-likeness (QED) is 0.264. The minimum absolute atomic E-state index is 0.110. The molecule has 6 amide bonds. The average Bonchev–Trinajstić information content (AvgIpc) is 3.48. The van der Waals surface area contributed by atoms with Gasteiger partial charge in [-0.25, -0.2) is 19.4 Å². The van der Waals surface area contributed by atoms with Crippen molar-refractivity contribution in [1.29, 1.82) is 0 Å². The number of hydrogen-bond donors (Lipinski definition) is 2. The summed E-state index contributed by atoms with van der Waals surface area (Å²) in [5.74, 6) is -0.859. The Morgan fingerprint density at radius 1 is 0.523 bits per heavy atom. The van der Waals surface area contributed by atoms with Crippen molar-refractivity contribution < 1.29 is 19.2 Å². The SMILES string of the molecule is CCCN(CN1C(=O)NC(c2ccccc2)(c2ccccc2)C1=O)CN1C(=O)NC(c2ccccc2)(c2ccccc2)C1=O. The first-order valence-corrected chi connectivity index (χ1v) is 14.6. The van der Waals surface area contributed by atoms with Crippen LogP contribution in [0.5, 0.6) is 0 Å². The molecule has 44 heavy (non-hydrogen) atoms. The minimum atomic E-state index is -1.41. The van der Waals surface area contributed by atoms with Crippen molar-refractivity contribution in [3.63, 3.8) is 0 Å². The second kappa shape index (κ2) is 11.8. The fourth-order valence-corrected chi connectivity index (χ4v) is 6.18. The standard InChI is InChI=1S/C35H33N5O4/c1-2-23-38(24-39-30(41)34(36-32(39)43,26-15-7-3-8-16-26)27-17-9-4-10-18-27)25-40-31(42)35(37-33(40)44,28-19-11-5-12-20-28)29-21-13-6-14-22-29/h3-22H,2,23-25H2,1H3,(H,36,43)(H,37,44). The van der Waals surface area contributed by atoms with Crippen LogP contribution in [0.4, 0.5) is 9.59 Å². The molecule has 0 unspecified atom stereocenters. The molecule has 2 heterocycles. The maximum absolute atomic E-state index is 14.3. The van der Waals surface area contributed by atoms with Crippen LogP contribution in [0, 0.1) is 0 Å². The Labute approximate surface area is 256 Å². The predicted molar refractivity (Wildman–Crippen MR) is 165 cm³/mol. The van der Waals surface area contributed by atoms with Crippen LogP contribution in [0.15, 0.2) is 121 Å². The molecule has 0 bridgehead atoms. The molecule has 2 saturated heterocycles. The molecule has 0 saturated carbocycles. The fraction of sp³-hybridized carbons (Fsp3) is 0.200. The third kappa shape index (κ3) is 4.71. The monoisotopic (exact) mass is 587 g/mol. The number of urea groups is 2. The van der Waals surface area contributed by atoms with E-state index in [-0.39, 0.29) is 13.3 Å². The van der Waals surface area contributed by atoms with Crippen LogP contribution in [0.2, 0.25) is 0 Å². The summed E-state index contributed by atoms with van der Waals surface area (Å²) in [4.78, 5) is 59.7. The van der Waals surface area contributed by atoms with Crippen LogP contribution in [0.25, 0.3) is 0 Å². The Hall–Kier alpha value is -5.28. The first-order valence-electron chi connectivity index (χ1n) is 14.6. The maximum Gasteiger partial charge on any atom is 0.326 e. The number of imide groups is 2. The van der Waals surface area contributed by atoms with Gasteiger partial charge in [0.05, 0.1) is 13.3 Å². The second-order valence-corrected chi connectivity index (χ2v) is 11.0. The second-order valence-electron chi connectivity index (χ2n) is 11.0. The van der Waals surface area contributed by atoms with Gasteiger partial charge in [-0.2, -0.15) is 0 Å². The van der Waals surface area contributed by atoms with Crippen LogP contribution in [0.1, 0.15) is 35.6 Å². The number of hydrogen-bond acceptors (Lipinski definition) is 5. The Morgan fingerprint density at radius 2 is 0.818 bits per heavy atom. The van der Waals surface area contributed by atoms with Crippen molar-refractivity contribution in [2.24, 2.45) is 0 Å². The van der Waals surface area contributed by atoms with Gasteiger partial charge in [0.25, 0.3) is 11.8 Å². The van der Waals surface area contributed by atoms with Gasteiger partial charge in [0.2, 0.25) is 0 Å². The zero-order valence-corrected chi connectivity index (χ0v) is 24.4. The molecule has 2 aliphatic rings. The van der Waals surface area contributed by atoms with Crippen LogP contribution in [-0.2, 0) is 20.7 Å². The highest BCUT2D eigenvalue weighted by Crippen LogP contribution is 2.38. The first kappa shape index (κ1) is 28.8. The number of amides is 6. The highest BCUT2D eigenvalue weighted by Gasteiger charge is 2.56. The van der Waals surface area contributed by atoms with Gasteiger partial charge in [0, 0.05) is 6.54 Å². The van der Waals surface area contributed by atoms with Crippen molar-refractivity contribution in [3.8, 4) is 0 Å². The molecule has 6 rings (SSSR count). The lowest BCUT2D eigenvalue weighted by atomic mass is 9.82. The van der Waals surface area contributed by atoms with Crippen molar-refractivity contribution >= 4 is 23.9 Å². The molecule has 0 atom stereocenters. The third-order valence-electron chi connectivity index (χ3n) is 8.26. The van der Waals surface area contributed by atoms with Gasteiger partial charge in [-0.15, -0.1) is 0 Å². The lowest BCUT2D eigenvalue weighted by Gasteiger charge is -2.31. The highest BCUT2D eigenvalue weighted by molar-refractivity contribution is 6.10. The third-order valence-corrected chi connectivity index (χ3v) is 8.26. The van der Waals surface area contributed by atoms with E-state index < -0.39 is 35.0 Å². The molecule has 4 aromatic carbocycles. The Balaban J connectivity index is 1.31. The Morgan fingerprint density at radius 3 is 1.09 bits per heavy atom. The molecule has 9 heteroatoms. The molecule has 222 valence electrons. The van der Waals surface area contributed by atoms with Crippen LogP contribution in [0.3, 0.4) is 0 Å². The molecule has 2 fully saturated rings. The number of benzene rings is 4. The van der Waals surface area contributed by atoms with Gasteiger partial charge >= 0.3 is 12.1 Å². The molecule has 0 spiro atoms. The molecule has 2 N–H and O–H groups in total. The summed E-state index contributed by atoms with van der Waals surface area (Å²) in [5.41, 5.74) is -0.267. The lowest BCUT2D eigenvalue weighted by Crippen LogP contribution is -2.50. The van der Waals surface area contributed by atoms with E-state index in [0.717, 1.165) is 9.80 Å². The summed E-state index contributed by atoms with van der Waals surface area (Å²) in [5, 5.41) is 5.93. The average molecular weight is 588 g/mol. The summed E-state index contributed by atoms with van der Waals surface area (Å²) >= 11 is 0. The Kier molecular flexibility index (Phi) is 7.71. The van der Waals surface area contributed by atoms with Gasteiger partial charge in [-0.1, -0.05) is 128 Å². The van der Waals surface area contributed by atoms with Crippen molar-refractivity contribution in [3.05, 3.63) is 144 Å². The van der Waals surface area contributed by atoms with Gasteiger partial charge in [-0.05, 0) is 28.7 Å². The van der Waals surface area contributed by atoms with E-state index in [2.05, 4.69) is 10.6 Å². The summed E-state index contributed by atoms with van der Waals surface area (Å²) in [6.07, 6.45) is 0.665. The molecule has 0 radical (unpaired) electrons. The number of carbonyl (C=O) groups is 4. The molecule has 9 nitrogen and oxygen atoms in total. The Bertz CT molecular complexity index is 1460. The summed E-state index contributed by atoms with van der Waals surface area (Å²) in [6, 6.07) is 35.5. The first-order chi connectivity index (χ1) is 21.4. The molecule has 4 aromatic rings. The van der Waals surface area contributed by atoms with Crippen LogP contribution < -0.4 is 10.6 Å². The van der Waals surface area contributed by atoms with Gasteiger partial charge in [0.15, 0.2) is 11.1 Å². The summed E-state index contributed by atoms with van der Waals surface area (Å²) in [7, 11) is 0. The highest BCUT2D eigenvalue weighted by atomic mass is 16.2. The predicted octanol–water partition coefficient (Wildman–Crippen LogP) is 4.60.